The third-order valence-corrected chi connectivity index (χ3v) is 4.90. The highest BCUT2D eigenvalue weighted by molar-refractivity contribution is 5.31. The van der Waals surface area contributed by atoms with E-state index >= 15 is 0 Å². The number of rotatable bonds is 5. The van der Waals surface area contributed by atoms with Crippen molar-refractivity contribution in [3.8, 4) is 0 Å². The van der Waals surface area contributed by atoms with Crippen LogP contribution in [0.5, 0.6) is 0 Å². The fraction of sp³-hybridized carbons (Fsp3) is 0.667. The molecule has 2 aliphatic rings. The van der Waals surface area contributed by atoms with E-state index in [2.05, 4.69) is 48.3 Å². The molecule has 3 nitrogen and oxygen atoms in total. The van der Waals surface area contributed by atoms with Crippen LogP contribution in [0.2, 0.25) is 0 Å². The molecule has 1 aromatic rings. The van der Waals surface area contributed by atoms with E-state index < -0.39 is 0 Å². The lowest BCUT2D eigenvalue weighted by Crippen LogP contribution is -2.33. The lowest BCUT2D eigenvalue weighted by Gasteiger charge is -2.27. The molecule has 0 spiro atoms. The van der Waals surface area contributed by atoms with Crippen molar-refractivity contribution in [3.63, 3.8) is 0 Å². The number of hydrogen-bond acceptors (Lipinski definition) is 3. The minimum absolute atomic E-state index is 0.234. The Morgan fingerprint density at radius 2 is 2.14 bits per heavy atom. The van der Waals surface area contributed by atoms with Crippen LogP contribution in [-0.4, -0.2) is 43.7 Å². The van der Waals surface area contributed by atoms with Crippen molar-refractivity contribution >= 4 is 0 Å². The third kappa shape index (κ3) is 3.65. The number of hydrogen-bond donors (Lipinski definition) is 1. The van der Waals surface area contributed by atoms with E-state index in [0.29, 0.717) is 6.04 Å². The summed E-state index contributed by atoms with van der Waals surface area (Å²) in [6.07, 6.45) is 2.61. The van der Waals surface area contributed by atoms with Crippen molar-refractivity contribution in [2.45, 2.75) is 38.8 Å². The Balaban J connectivity index is 1.47. The Hall–Kier alpha value is -0.900. The zero-order valence-corrected chi connectivity index (χ0v) is 13.3. The molecule has 21 heavy (non-hydrogen) atoms. The maximum atomic E-state index is 5.96. The van der Waals surface area contributed by atoms with Gasteiger partial charge in [-0.1, -0.05) is 24.3 Å². The van der Waals surface area contributed by atoms with E-state index in [9.17, 15) is 0 Å². The minimum Gasteiger partial charge on any atom is -0.372 e. The van der Waals surface area contributed by atoms with Gasteiger partial charge in [-0.2, -0.15) is 0 Å². The SMILES string of the molecule is CC(C)N1CCC(CNCC2OCCc3ccccc32)C1. The van der Waals surface area contributed by atoms with Gasteiger partial charge < -0.3 is 15.0 Å². The molecule has 1 fully saturated rings. The first-order valence-corrected chi connectivity index (χ1v) is 8.38. The van der Waals surface area contributed by atoms with Crippen molar-refractivity contribution in [1.29, 1.82) is 0 Å². The second-order valence-corrected chi connectivity index (χ2v) is 6.71. The highest BCUT2D eigenvalue weighted by atomic mass is 16.5. The number of benzene rings is 1. The molecule has 1 N–H and O–H groups in total. The number of fused-ring (bicyclic) bond motifs is 1. The summed E-state index contributed by atoms with van der Waals surface area (Å²) < 4.78 is 5.96. The lowest BCUT2D eigenvalue weighted by atomic mass is 9.97. The van der Waals surface area contributed by atoms with Gasteiger partial charge in [0.1, 0.15) is 0 Å². The summed E-state index contributed by atoms with van der Waals surface area (Å²) >= 11 is 0. The van der Waals surface area contributed by atoms with Crippen LogP contribution in [0.1, 0.15) is 37.5 Å². The lowest BCUT2D eigenvalue weighted by molar-refractivity contribution is 0.0420. The predicted octanol–water partition coefficient (Wildman–Crippen LogP) is 2.62. The molecule has 0 aliphatic carbocycles. The number of likely N-dealkylation sites (tertiary alicyclic amines) is 1. The van der Waals surface area contributed by atoms with E-state index in [0.717, 1.165) is 32.0 Å². The molecule has 3 heteroatoms. The Labute approximate surface area is 128 Å². The van der Waals surface area contributed by atoms with E-state index in [-0.39, 0.29) is 6.10 Å². The van der Waals surface area contributed by atoms with Crippen molar-refractivity contribution in [3.05, 3.63) is 35.4 Å². The molecule has 0 amide bonds. The van der Waals surface area contributed by atoms with Gasteiger partial charge in [-0.05, 0) is 56.8 Å². The van der Waals surface area contributed by atoms with Crippen LogP contribution in [0, 0.1) is 5.92 Å². The standard InChI is InChI=1S/C18H28N2O/c1-14(2)20-9-7-15(13-20)11-19-12-18-17-6-4-3-5-16(17)8-10-21-18/h3-6,14-15,18-19H,7-13H2,1-2H3. The predicted molar refractivity (Wildman–Crippen MR) is 86.5 cm³/mol. The zero-order chi connectivity index (χ0) is 14.7. The molecule has 0 aromatic heterocycles. The van der Waals surface area contributed by atoms with Gasteiger partial charge in [0.15, 0.2) is 0 Å². The number of nitrogens with zero attached hydrogens (tertiary/aromatic N) is 1. The van der Waals surface area contributed by atoms with Crippen LogP contribution in [0.4, 0.5) is 0 Å². The monoisotopic (exact) mass is 288 g/mol. The molecule has 116 valence electrons. The van der Waals surface area contributed by atoms with Gasteiger partial charge in [0.05, 0.1) is 12.7 Å². The normalized spacial score (nSPS) is 26.2. The van der Waals surface area contributed by atoms with Gasteiger partial charge in [0.2, 0.25) is 0 Å². The van der Waals surface area contributed by atoms with Crippen LogP contribution in [0.3, 0.4) is 0 Å². The molecule has 0 bridgehead atoms. The average Bonchev–Trinajstić information content (AvgIpc) is 2.97. The molecule has 0 radical (unpaired) electrons. The molecule has 3 rings (SSSR count). The van der Waals surface area contributed by atoms with Crippen molar-refractivity contribution in [2.24, 2.45) is 5.92 Å². The van der Waals surface area contributed by atoms with Gasteiger partial charge >= 0.3 is 0 Å². The number of nitrogens with one attached hydrogen (secondary N) is 1. The third-order valence-electron chi connectivity index (χ3n) is 4.90. The Morgan fingerprint density at radius 3 is 2.95 bits per heavy atom. The summed E-state index contributed by atoms with van der Waals surface area (Å²) in [6, 6.07) is 9.40. The summed E-state index contributed by atoms with van der Waals surface area (Å²) in [5, 5.41) is 3.65. The fourth-order valence-electron chi connectivity index (χ4n) is 3.56. The second-order valence-electron chi connectivity index (χ2n) is 6.71. The zero-order valence-electron chi connectivity index (χ0n) is 13.3. The van der Waals surface area contributed by atoms with Crippen LogP contribution >= 0.6 is 0 Å². The molecule has 2 unspecified atom stereocenters. The highest BCUT2D eigenvalue weighted by Gasteiger charge is 2.25. The fourth-order valence-corrected chi connectivity index (χ4v) is 3.56. The Kier molecular flexibility index (Phi) is 4.94. The molecule has 2 atom stereocenters. The molecular weight excluding hydrogens is 260 g/mol. The van der Waals surface area contributed by atoms with Crippen molar-refractivity contribution < 1.29 is 4.74 Å². The van der Waals surface area contributed by atoms with Gasteiger partial charge in [0.25, 0.3) is 0 Å². The van der Waals surface area contributed by atoms with E-state index in [1.54, 1.807) is 0 Å². The highest BCUT2D eigenvalue weighted by Crippen LogP contribution is 2.26. The minimum atomic E-state index is 0.234. The maximum Gasteiger partial charge on any atom is 0.0952 e. The van der Waals surface area contributed by atoms with Gasteiger partial charge in [0, 0.05) is 19.1 Å². The summed E-state index contributed by atoms with van der Waals surface area (Å²) in [6.45, 7) is 10.00. The molecule has 2 heterocycles. The quantitative estimate of drug-likeness (QED) is 0.901. The Bertz CT molecular complexity index is 460. The first-order chi connectivity index (χ1) is 10.2. The summed E-state index contributed by atoms with van der Waals surface area (Å²) in [4.78, 5) is 2.58. The van der Waals surface area contributed by atoms with Crippen LogP contribution in [0.25, 0.3) is 0 Å². The summed E-state index contributed by atoms with van der Waals surface area (Å²) in [5.74, 6) is 0.797. The first kappa shape index (κ1) is 15.0. The molecule has 1 saturated heterocycles. The summed E-state index contributed by atoms with van der Waals surface area (Å²) in [5.41, 5.74) is 2.84. The molecule has 0 saturated carbocycles. The Morgan fingerprint density at radius 1 is 1.29 bits per heavy atom. The van der Waals surface area contributed by atoms with Gasteiger partial charge in [-0.3, -0.25) is 0 Å². The van der Waals surface area contributed by atoms with E-state index in [4.69, 9.17) is 4.74 Å². The second kappa shape index (κ2) is 6.91. The van der Waals surface area contributed by atoms with E-state index in [1.807, 2.05) is 0 Å². The van der Waals surface area contributed by atoms with Crippen molar-refractivity contribution in [1.82, 2.24) is 10.2 Å². The molecule has 1 aromatic carbocycles. The first-order valence-electron chi connectivity index (χ1n) is 8.38. The topological polar surface area (TPSA) is 24.5 Å². The van der Waals surface area contributed by atoms with Crippen LogP contribution < -0.4 is 5.32 Å². The molecular formula is C18H28N2O. The smallest absolute Gasteiger partial charge is 0.0952 e. The largest absolute Gasteiger partial charge is 0.372 e. The van der Waals surface area contributed by atoms with Gasteiger partial charge in [-0.25, -0.2) is 0 Å². The summed E-state index contributed by atoms with van der Waals surface area (Å²) in [7, 11) is 0. The molecule has 2 aliphatic heterocycles. The van der Waals surface area contributed by atoms with E-state index in [1.165, 1.54) is 30.6 Å². The maximum absolute atomic E-state index is 5.96. The van der Waals surface area contributed by atoms with Crippen molar-refractivity contribution in [2.75, 3.05) is 32.8 Å². The van der Waals surface area contributed by atoms with Crippen LogP contribution in [-0.2, 0) is 11.2 Å². The number of ether oxygens (including phenoxy) is 1. The van der Waals surface area contributed by atoms with Crippen LogP contribution in [0.15, 0.2) is 24.3 Å². The van der Waals surface area contributed by atoms with Gasteiger partial charge in [-0.15, -0.1) is 0 Å². The average molecular weight is 288 g/mol.